The Morgan fingerprint density at radius 1 is 1.22 bits per heavy atom. The van der Waals surface area contributed by atoms with Crippen LogP contribution in [-0.4, -0.2) is 23.0 Å². The van der Waals surface area contributed by atoms with Crippen LogP contribution in [0.25, 0.3) is 0 Å². The van der Waals surface area contributed by atoms with Gasteiger partial charge in [0.1, 0.15) is 10.8 Å². The molecule has 0 atom stereocenters. The first-order chi connectivity index (χ1) is 12.8. The number of aryl methyl sites for hydroxylation is 1. The average molecular weight is 404 g/mol. The van der Waals surface area contributed by atoms with Crippen LogP contribution >= 0.6 is 23.6 Å². The molecule has 0 saturated heterocycles. The van der Waals surface area contributed by atoms with E-state index < -0.39 is 5.91 Å². The SMILES string of the molecule is CC(C)Oc1ccc(C(=O)NC(=S)Nc2sc3c(c2C(N)=O)CCC3)cc1. The summed E-state index contributed by atoms with van der Waals surface area (Å²) in [5.74, 6) is -0.124. The maximum Gasteiger partial charge on any atom is 0.257 e. The fraction of sp³-hybridized carbons (Fsp3) is 0.316. The number of anilines is 1. The fourth-order valence-electron chi connectivity index (χ4n) is 3.02. The van der Waals surface area contributed by atoms with E-state index in [1.54, 1.807) is 24.3 Å². The summed E-state index contributed by atoms with van der Waals surface area (Å²) in [6, 6.07) is 6.81. The lowest BCUT2D eigenvalue weighted by atomic mass is 10.1. The summed E-state index contributed by atoms with van der Waals surface area (Å²) in [5.41, 5.74) is 7.48. The third kappa shape index (κ3) is 4.45. The van der Waals surface area contributed by atoms with Gasteiger partial charge in [-0.05, 0) is 75.2 Å². The molecule has 4 N–H and O–H groups in total. The third-order valence-corrected chi connectivity index (χ3v) is 5.52. The molecule has 3 rings (SSSR count). The fourth-order valence-corrected chi connectivity index (χ4v) is 4.58. The van der Waals surface area contributed by atoms with Crippen LogP contribution in [0.4, 0.5) is 5.00 Å². The highest BCUT2D eigenvalue weighted by Gasteiger charge is 2.25. The van der Waals surface area contributed by atoms with E-state index in [0.29, 0.717) is 21.9 Å². The molecule has 142 valence electrons. The number of nitrogens with two attached hydrogens (primary N) is 1. The molecule has 0 aliphatic heterocycles. The Labute approximate surface area is 167 Å². The van der Waals surface area contributed by atoms with Gasteiger partial charge >= 0.3 is 0 Å². The number of hydrogen-bond acceptors (Lipinski definition) is 5. The van der Waals surface area contributed by atoms with Crippen LogP contribution in [0.3, 0.4) is 0 Å². The molecule has 27 heavy (non-hydrogen) atoms. The van der Waals surface area contributed by atoms with Crippen LogP contribution in [0, 0.1) is 0 Å². The van der Waals surface area contributed by atoms with E-state index in [9.17, 15) is 9.59 Å². The molecule has 0 spiro atoms. The molecular weight excluding hydrogens is 382 g/mol. The normalized spacial score (nSPS) is 12.6. The number of thiophene rings is 1. The lowest BCUT2D eigenvalue weighted by Crippen LogP contribution is -2.34. The first-order valence-corrected chi connectivity index (χ1v) is 9.91. The van der Waals surface area contributed by atoms with Crippen LogP contribution < -0.4 is 21.1 Å². The maximum absolute atomic E-state index is 12.4. The molecule has 0 saturated carbocycles. The largest absolute Gasteiger partial charge is 0.491 e. The topological polar surface area (TPSA) is 93.4 Å². The summed E-state index contributed by atoms with van der Waals surface area (Å²) in [4.78, 5) is 25.3. The van der Waals surface area contributed by atoms with Gasteiger partial charge in [-0.15, -0.1) is 11.3 Å². The van der Waals surface area contributed by atoms with Crippen molar-refractivity contribution in [2.24, 2.45) is 5.73 Å². The van der Waals surface area contributed by atoms with Crippen LogP contribution in [0.2, 0.25) is 0 Å². The monoisotopic (exact) mass is 403 g/mol. The number of nitrogens with one attached hydrogen (secondary N) is 2. The van der Waals surface area contributed by atoms with Crippen molar-refractivity contribution in [3.63, 3.8) is 0 Å². The van der Waals surface area contributed by atoms with Gasteiger partial charge in [-0.2, -0.15) is 0 Å². The van der Waals surface area contributed by atoms with E-state index >= 15 is 0 Å². The second-order valence-corrected chi connectivity index (χ2v) is 8.04. The smallest absolute Gasteiger partial charge is 0.257 e. The Balaban J connectivity index is 1.66. The Morgan fingerprint density at radius 3 is 2.56 bits per heavy atom. The predicted octanol–water partition coefficient (Wildman–Crippen LogP) is 3.25. The van der Waals surface area contributed by atoms with Crippen molar-refractivity contribution < 1.29 is 14.3 Å². The van der Waals surface area contributed by atoms with E-state index in [1.807, 2.05) is 13.8 Å². The van der Waals surface area contributed by atoms with Gasteiger partial charge < -0.3 is 15.8 Å². The number of primary amides is 1. The van der Waals surface area contributed by atoms with Gasteiger partial charge in [0.15, 0.2) is 5.11 Å². The Morgan fingerprint density at radius 2 is 1.93 bits per heavy atom. The lowest BCUT2D eigenvalue weighted by molar-refractivity contribution is 0.0975. The standard InChI is InChI=1S/C19H21N3O3S2/c1-10(2)25-12-8-6-11(7-9-12)17(24)21-19(26)22-18-15(16(20)23)13-4-3-5-14(13)27-18/h6-10H,3-5H2,1-2H3,(H2,20,23)(H2,21,22,24,26). The highest BCUT2D eigenvalue weighted by Crippen LogP contribution is 2.38. The minimum Gasteiger partial charge on any atom is -0.491 e. The highest BCUT2D eigenvalue weighted by atomic mass is 32.1. The Hall–Kier alpha value is -2.45. The number of rotatable bonds is 5. The number of benzene rings is 1. The van der Waals surface area contributed by atoms with E-state index in [2.05, 4.69) is 10.6 Å². The molecule has 0 fully saturated rings. The molecule has 0 radical (unpaired) electrons. The van der Waals surface area contributed by atoms with Gasteiger partial charge in [-0.3, -0.25) is 14.9 Å². The number of amides is 2. The molecule has 1 aliphatic carbocycles. The quantitative estimate of drug-likeness (QED) is 0.667. The summed E-state index contributed by atoms with van der Waals surface area (Å²) in [6.45, 7) is 3.87. The number of thiocarbonyl (C=S) groups is 1. The third-order valence-electron chi connectivity index (χ3n) is 4.11. The molecular formula is C19H21N3O3S2. The van der Waals surface area contributed by atoms with Gasteiger partial charge in [0.2, 0.25) is 0 Å². The minimum absolute atomic E-state index is 0.0633. The lowest BCUT2D eigenvalue weighted by Gasteiger charge is -2.11. The van der Waals surface area contributed by atoms with Crippen molar-refractivity contribution in [3.05, 3.63) is 45.8 Å². The van der Waals surface area contributed by atoms with E-state index in [4.69, 9.17) is 22.7 Å². The van der Waals surface area contributed by atoms with E-state index in [-0.39, 0.29) is 17.1 Å². The molecule has 1 aliphatic rings. The van der Waals surface area contributed by atoms with Gasteiger partial charge in [-0.1, -0.05) is 0 Å². The molecule has 1 aromatic carbocycles. The van der Waals surface area contributed by atoms with Crippen LogP contribution in [0.5, 0.6) is 5.75 Å². The first-order valence-electron chi connectivity index (χ1n) is 8.68. The summed E-state index contributed by atoms with van der Waals surface area (Å²) in [6.07, 6.45) is 2.87. The number of carbonyl (C=O) groups excluding carboxylic acids is 2. The van der Waals surface area contributed by atoms with Crippen LogP contribution in [-0.2, 0) is 12.8 Å². The van der Waals surface area contributed by atoms with Crippen LogP contribution in [0.15, 0.2) is 24.3 Å². The van der Waals surface area contributed by atoms with Gasteiger partial charge in [0.25, 0.3) is 11.8 Å². The average Bonchev–Trinajstić information content (AvgIpc) is 3.14. The van der Waals surface area contributed by atoms with Gasteiger partial charge in [-0.25, -0.2) is 0 Å². The Bertz CT molecular complexity index is 888. The van der Waals surface area contributed by atoms with Crippen molar-refractivity contribution in [2.45, 2.75) is 39.2 Å². The summed E-state index contributed by atoms with van der Waals surface area (Å²) in [5, 5.41) is 6.31. The van der Waals surface area contributed by atoms with Gasteiger partial charge in [0, 0.05) is 10.4 Å². The van der Waals surface area contributed by atoms with Crippen LogP contribution in [0.1, 0.15) is 51.4 Å². The van der Waals surface area contributed by atoms with Crippen molar-refractivity contribution in [3.8, 4) is 5.75 Å². The molecule has 6 nitrogen and oxygen atoms in total. The first kappa shape index (κ1) is 19.3. The Kier molecular flexibility index (Phi) is 5.76. The van der Waals surface area contributed by atoms with E-state index in [0.717, 1.165) is 29.7 Å². The minimum atomic E-state index is -0.480. The van der Waals surface area contributed by atoms with Gasteiger partial charge in [0.05, 0.1) is 11.7 Å². The maximum atomic E-state index is 12.4. The molecule has 0 bridgehead atoms. The number of fused-ring (bicyclic) bond motifs is 1. The zero-order valence-electron chi connectivity index (χ0n) is 15.1. The molecule has 1 aromatic heterocycles. The molecule has 2 amide bonds. The molecule has 1 heterocycles. The molecule has 8 heteroatoms. The van der Waals surface area contributed by atoms with Crippen molar-refractivity contribution in [1.29, 1.82) is 0 Å². The highest BCUT2D eigenvalue weighted by molar-refractivity contribution is 7.80. The van der Waals surface area contributed by atoms with Crippen molar-refractivity contribution >= 4 is 45.5 Å². The zero-order valence-corrected chi connectivity index (χ0v) is 16.8. The summed E-state index contributed by atoms with van der Waals surface area (Å²) >= 11 is 6.70. The molecule has 0 unspecified atom stereocenters. The number of ether oxygens (including phenoxy) is 1. The van der Waals surface area contributed by atoms with Crippen molar-refractivity contribution in [2.75, 3.05) is 5.32 Å². The molecule has 2 aromatic rings. The zero-order chi connectivity index (χ0) is 19.6. The number of carbonyl (C=O) groups is 2. The number of hydrogen-bond donors (Lipinski definition) is 3. The predicted molar refractivity (Wildman–Crippen MR) is 111 cm³/mol. The summed E-state index contributed by atoms with van der Waals surface area (Å²) in [7, 11) is 0. The van der Waals surface area contributed by atoms with E-state index in [1.165, 1.54) is 11.3 Å². The summed E-state index contributed by atoms with van der Waals surface area (Å²) < 4.78 is 5.56. The second-order valence-electron chi connectivity index (χ2n) is 6.52. The second kappa shape index (κ2) is 8.06. The van der Waals surface area contributed by atoms with Crippen molar-refractivity contribution in [1.82, 2.24) is 5.32 Å².